The van der Waals surface area contributed by atoms with Crippen LogP contribution in [0.15, 0.2) is 59.0 Å². The summed E-state index contributed by atoms with van der Waals surface area (Å²) in [4.78, 5) is 12.2. The van der Waals surface area contributed by atoms with E-state index in [1.54, 1.807) is 12.1 Å². The van der Waals surface area contributed by atoms with E-state index >= 15 is 0 Å². The number of aryl methyl sites for hydroxylation is 1. The normalized spacial score (nSPS) is 10.7. The Morgan fingerprint density at radius 3 is 2.72 bits per heavy atom. The second-order valence-electron chi connectivity index (χ2n) is 5.55. The lowest BCUT2D eigenvalue weighted by Gasteiger charge is -2.04. The SMILES string of the molecule is COc1ccc(C(=O)CCc2ccc(-c3cccc(Cl)c3)o2)cc1F. The van der Waals surface area contributed by atoms with Gasteiger partial charge in [0.05, 0.1) is 7.11 Å². The fraction of sp³-hybridized carbons (Fsp3) is 0.150. The molecule has 0 aliphatic rings. The van der Waals surface area contributed by atoms with Gasteiger partial charge in [-0.1, -0.05) is 23.7 Å². The Bertz CT molecular complexity index is 901. The number of hydrogen-bond donors (Lipinski definition) is 0. The molecule has 128 valence electrons. The van der Waals surface area contributed by atoms with Crippen molar-refractivity contribution in [3.05, 3.63) is 76.8 Å². The molecule has 0 spiro atoms. The maximum Gasteiger partial charge on any atom is 0.165 e. The molecule has 3 rings (SSSR count). The van der Waals surface area contributed by atoms with E-state index in [4.69, 9.17) is 20.8 Å². The summed E-state index contributed by atoms with van der Waals surface area (Å²) in [6.45, 7) is 0. The van der Waals surface area contributed by atoms with Crippen LogP contribution in [0.4, 0.5) is 4.39 Å². The predicted molar refractivity (Wildman–Crippen MR) is 94.8 cm³/mol. The highest BCUT2D eigenvalue weighted by Gasteiger charge is 2.12. The number of hydrogen-bond acceptors (Lipinski definition) is 3. The lowest BCUT2D eigenvalue weighted by molar-refractivity contribution is 0.0980. The Labute approximate surface area is 150 Å². The second-order valence-corrected chi connectivity index (χ2v) is 5.99. The molecular formula is C20H16ClFO3. The van der Waals surface area contributed by atoms with E-state index in [0.717, 1.165) is 5.56 Å². The summed E-state index contributed by atoms with van der Waals surface area (Å²) in [7, 11) is 1.38. The second kappa shape index (κ2) is 7.53. The van der Waals surface area contributed by atoms with Crippen LogP contribution < -0.4 is 4.74 Å². The maximum absolute atomic E-state index is 13.7. The summed E-state index contributed by atoms with van der Waals surface area (Å²) in [5, 5.41) is 0.632. The highest BCUT2D eigenvalue weighted by atomic mass is 35.5. The van der Waals surface area contributed by atoms with Gasteiger partial charge in [-0.05, 0) is 42.5 Å². The molecule has 0 atom stereocenters. The summed E-state index contributed by atoms with van der Waals surface area (Å²) < 4.78 is 24.3. The number of Topliss-reactive ketones (excluding diaryl/α,β-unsaturated/α-hetero) is 1. The topological polar surface area (TPSA) is 39.4 Å². The molecule has 0 unspecified atom stereocenters. The molecule has 0 aliphatic heterocycles. The number of ether oxygens (including phenoxy) is 1. The number of methoxy groups -OCH3 is 1. The van der Waals surface area contributed by atoms with Crippen LogP contribution in [0.25, 0.3) is 11.3 Å². The van der Waals surface area contributed by atoms with Crippen LogP contribution >= 0.6 is 11.6 Å². The molecule has 1 aromatic heterocycles. The molecule has 3 aromatic rings. The quantitative estimate of drug-likeness (QED) is 0.541. The van der Waals surface area contributed by atoms with Crippen molar-refractivity contribution in [2.24, 2.45) is 0 Å². The lowest BCUT2D eigenvalue weighted by atomic mass is 10.1. The van der Waals surface area contributed by atoms with E-state index in [1.165, 1.54) is 19.2 Å². The van der Waals surface area contributed by atoms with Gasteiger partial charge in [-0.2, -0.15) is 0 Å². The smallest absolute Gasteiger partial charge is 0.165 e. The van der Waals surface area contributed by atoms with Gasteiger partial charge in [-0.25, -0.2) is 4.39 Å². The van der Waals surface area contributed by atoms with Gasteiger partial charge in [0.1, 0.15) is 11.5 Å². The Hall–Kier alpha value is -2.59. The molecule has 0 amide bonds. The molecular weight excluding hydrogens is 343 g/mol. The van der Waals surface area contributed by atoms with E-state index in [0.29, 0.717) is 28.5 Å². The van der Waals surface area contributed by atoms with Gasteiger partial charge >= 0.3 is 0 Å². The molecule has 2 aromatic carbocycles. The van der Waals surface area contributed by atoms with Crippen LogP contribution in [-0.2, 0) is 6.42 Å². The molecule has 5 heteroatoms. The molecule has 0 aliphatic carbocycles. The van der Waals surface area contributed by atoms with Crippen LogP contribution in [0.2, 0.25) is 5.02 Å². The van der Waals surface area contributed by atoms with Crippen molar-refractivity contribution < 1.29 is 18.3 Å². The summed E-state index contributed by atoms with van der Waals surface area (Å²) in [6, 6.07) is 15.2. The zero-order chi connectivity index (χ0) is 17.8. The Balaban J connectivity index is 1.66. The lowest BCUT2D eigenvalue weighted by Crippen LogP contribution is -2.02. The Kier molecular flexibility index (Phi) is 5.19. The molecule has 1 heterocycles. The van der Waals surface area contributed by atoms with Crippen molar-refractivity contribution in [2.75, 3.05) is 7.11 Å². The summed E-state index contributed by atoms with van der Waals surface area (Å²) >= 11 is 5.98. The van der Waals surface area contributed by atoms with Crippen LogP contribution in [0, 0.1) is 5.82 Å². The predicted octanol–water partition coefficient (Wildman–Crippen LogP) is 5.56. The largest absolute Gasteiger partial charge is 0.494 e. The molecule has 0 saturated heterocycles. The number of rotatable bonds is 6. The van der Waals surface area contributed by atoms with Gasteiger partial charge in [0.15, 0.2) is 17.3 Å². The van der Waals surface area contributed by atoms with E-state index < -0.39 is 5.82 Å². The first-order valence-corrected chi connectivity index (χ1v) is 8.16. The fourth-order valence-corrected chi connectivity index (χ4v) is 2.72. The molecule has 25 heavy (non-hydrogen) atoms. The summed E-state index contributed by atoms with van der Waals surface area (Å²) in [5.41, 5.74) is 1.20. The van der Waals surface area contributed by atoms with E-state index in [1.807, 2.05) is 30.3 Å². The average Bonchev–Trinajstić information content (AvgIpc) is 3.08. The minimum absolute atomic E-state index is 0.119. The highest BCUT2D eigenvalue weighted by Crippen LogP contribution is 2.25. The van der Waals surface area contributed by atoms with Crippen molar-refractivity contribution in [2.45, 2.75) is 12.8 Å². The summed E-state index contributed by atoms with van der Waals surface area (Å²) in [6.07, 6.45) is 0.668. The zero-order valence-corrected chi connectivity index (χ0v) is 14.3. The van der Waals surface area contributed by atoms with Crippen molar-refractivity contribution in [3.63, 3.8) is 0 Å². The molecule has 0 saturated carbocycles. The van der Waals surface area contributed by atoms with Crippen molar-refractivity contribution in [1.82, 2.24) is 0 Å². The number of furan rings is 1. The van der Waals surface area contributed by atoms with Crippen molar-refractivity contribution >= 4 is 17.4 Å². The first-order valence-electron chi connectivity index (χ1n) is 7.78. The molecule has 0 bridgehead atoms. The molecule has 0 radical (unpaired) electrons. The highest BCUT2D eigenvalue weighted by molar-refractivity contribution is 6.30. The van der Waals surface area contributed by atoms with E-state index in [2.05, 4.69) is 0 Å². The Morgan fingerprint density at radius 2 is 2.00 bits per heavy atom. The third-order valence-electron chi connectivity index (χ3n) is 3.84. The van der Waals surface area contributed by atoms with Crippen LogP contribution in [0.1, 0.15) is 22.5 Å². The third kappa shape index (κ3) is 4.09. The maximum atomic E-state index is 13.7. The Morgan fingerprint density at radius 1 is 1.16 bits per heavy atom. The fourth-order valence-electron chi connectivity index (χ4n) is 2.53. The van der Waals surface area contributed by atoms with Crippen molar-refractivity contribution in [3.8, 4) is 17.1 Å². The van der Waals surface area contributed by atoms with Gasteiger partial charge in [-0.3, -0.25) is 4.79 Å². The van der Waals surface area contributed by atoms with Gasteiger partial charge in [0, 0.05) is 29.0 Å². The number of carbonyl (C=O) groups is 1. The molecule has 3 nitrogen and oxygen atoms in total. The minimum atomic E-state index is -0.547. The molecule has 0 N–H and O–H groups in total. The first-order chi connectivity index (χ1) is 12.1. The number of ketones is 1. The number of halogens is 2. The average molecular weight is 359 g/mol. The van der Waals surface area contributed by atoms with Crippen LogP contribution in [0.3, 0.4) is 0 Å². The van der Waals surface area contributed by atoms with E-state index in [9.17, 15) is 9.18 Å². The van der Waals surface area contributed by atoms with Gasteiger partial charge in [0.2, 0.25) is 0 Å². The minimum Gasteiger partial charge on any atom is -0.494 e. The number of carbonyl (C=O) groups excluding carboxylic acids is 1. The van der Waals surface area contributed by atoms with E-state index in [-0.39, 0.29) is 18.0 Å². The first kappa shape index (κ1) is 17.2. The van der Waals surface area contributed by atoms with Crippen LogP contribution in [-0.4, -0.2) is 12.9 Å². The zero-order valence-electron chi connectivity index (χ0n) is 13.6. The standard InChI is InChI=1S/C20H16ClFO3/c1-24-20-9-5-13(12-17(20)22)18(23)8-6-16-7-10-19(25-16)14-3-2-4-15(21)11-14/h2-5,7,9-12H,6,8H2,1H3. The van der Waals surface area contributed by atoms with Gasteiger partial charge in [0.25, 0.3) is 0 Å². The molecule has 0 fully saturated rings. The third-order valence-corrected chi connectivity index (χ3v) is 4.08. The summed E-state index contributed by atoms with van der Waals surface area (Å²) in [5.74, 6) is 0.809. The number of benzene rings is 2. The van der Waals surface area contributed by atoms with Gasteiger partial charge in [-0.15, -0.1) is 0 Å². The van der Waals surface area contributed by atoms with Crippen molar-refractivity contribution in [1.29, 1.82) is 0 Å². The monoisotopic (exact) mass is 358 g/mol. The van der Waals surface area contributed by atoms with Crippen LogP contribution in [0.5, 0.6) is 5.75 Å². The van der Waals surface area contributed by atoms with Gasteiger partial charge < -0.3 is 9.15 Å².